The largest absolute Gasteiger partial charge is 0.329 e. The Morgan fingerprint density at radius 2 is 1.67 bits per heavy atom. The lowest BCUT2D eigenvalue weighted by atomic mass is 10.1. The highest BCUT2D eigenvalue weighted by Gasteiger charge is 2.02. The molecule has 0 radical (unpaired) electrons. The molecule has 0 bridgehead atoms. The van der Waals surface area contributed by atoms with E-state index in [1.807, 2.05) is 48.8 Å². The van der Waals surface area contributed by atoms with E-state index in [2.05, 4.69) is 4.57 Å². The van der Waals surface area contributed by atoms with Gasteiger partial charge in [0, 0.05) is 30.7 Å². The molecule has 1 aromatic carbocycles. The third kappa shape index (κ3) is 2.09. The molecule has 1 aromatic heterocycles. The van der Waals surface area contributed by atoms with Gasteiger partial charge < -0.3 is 16.0 Å². The van der Waals surface area contributed by atoms with E-state index in [1.54, 1.807) is 0 Å². The van der Waals surface area contributed by atoms with Crippen LogP contribution in [-0.4, -0.2) is 11.1 Å². The Bertz CT molecular complexity index is 403. The maximum Gasteiger partial charge on any atom is 0.0449 e. The van der Waals surface area contributed by atoms with E-state index in [4.69, 9.17) is 11.5 Å². The van der Waals surface area contributed by atoms with Gasteiger partial charge in [0.25, 0.3) is 0 Å². The van der Waals surface area contributed by atoms with Crippen LogP contribution in [-0.2, 0) is 0 Å². The summed E-state index contributed by atoms with van der Waals surface area (Å²) in [6.07, 6.45) is 4.02. The molecule has 15 heavy (non-hydrogen) atoms. The fraction of sp³-hybridized carbons (Fsp3) is 0.167. The van der Waals surface area contributed by atoms with Crippen molar-refractivity contribution < 1.29 is 0 Å². The number of aromatic nitrogens is 1. The van der Waals surface area contributed by atoms with Gasteiger partial charge in [0.15, 0.2) is 0 Å². The van der Waals surface area contributed by atoms with E-state index in [-0.39, 0.29) is 6.04 Å². The normalized spacial score (nSPS) is 12.7. The molecule has 3 heteroatoms. The summed E-state index contributed by atoms with van der Waals surface area (Å²) in [5.41, 5.74) is 13.5. The van der Waals surface area contributed by atoms with Gasteiger partial charge in [0.2, 0.25) is 0 Å². The summed E-state index contributed by atoms with van der Waals surface area (Å²) in [7, 11) is 0. The lowest BCUT2D eigenvalue weighted by Crippen LogP contribution is -2.20. The standard InChI is InChI=1S/C12H15N3/c13-9-12(14)10-3-5-11(6-4-10)15-7-1-2-8-15/h1-8,12H,9,13-14H2/t12-/m1/s1. The minimum Gasteiger partial charge on any atom is -0.329 e. The first-order chi connectivity index (χ1) is 7.31. The van der Waals surface area contributed by atoms with E-state index in [0.717, 1.165) is 11.3 Å². The Balaban J connectivity index is 2.25. The first-order valence-corrected chi connectivity index (χ1v) is 5.00. The van der Waals surface area contributed by atoms with Crippen molar-refractivity contribution in [1.29, 1.82) is 0 Å². The third-order valence-electron chi connectivity index (χ3n) is 2.48. The summed E-state index contributed by atoms with van der Waals surface area (Å²) in [6.45, 7) is 0.475. The summed E-state index contributed by atoms with van der Waals surface area (Å²) in [4.78, 5) is 0. The van der Waals surface area contributed by atoms with Crippen LogP contribution in [0.15, 0.2) is 48.8 Å². The van der Waals surface area contributed by atoms with Gasteiger partial charge in [-0.1, -0.05) is 12.1 Å². The van der Waals surface area contributed by atoms with Gasteiger partial charge in [0.1, 0.15) is 0 Å². The van der Waals surface area contributed by atoms with Gasteiger partial charge in [-0.3, -0.25) is 0 Å². The molecule has 0 aliphatic rings. The molecular weight excluding hydrogens is 186 g/mol. The van der Waals surface area contributed by atoms with Crippen LogP contribution in [0.3, 0.4) is 0 Å². The smallest absolute Gasteiger partial charge is 0.0449 e. The molecule has 0 aliphatic heterocycles. The van der Waals surface area contributed by atoms with Crippen LogP contribution in [0.5, 0.6) is 0 Å². The van der Waals surface area contributed by atoms with Crippen molar-refractivity contribution in [3.05, 3.63) is 54.4 Å². The topological polar surface area (TPSA) is 57.0 Å². The minimum absolute atomic E-state index is 0.0660. The molecule has 0 fully saturated rings. The van der Waals surface area contributed by atoms with E-state index < -0.39 is 0 Å². The Morgan fingerprint density at radius 3 is 2.20 bits per heavy atom. The van der Waals surface area contributed by atoms with E-state index >= 15 is 0 Å². The van der Waals surface area contributed by atoms with Gasteiger partial charge in [-0.25, -0.2) is 0 Å². The summed E-state index contributed by atoms with van der Waals surface area (Å²) in [5.74, 6) is 0. The Kier molecular flexibility index (Phi) is 2.85. The van der Waals surface area contributed by atoms with Crippen molar-refractivity contribution in [1.82, 2.24) is 4.57 Å². The lowest BCUT2D eigenvalue weighted by Gasteiger charge is -2.10. The predicted octanol–water partition coefficient (Wildman–Crippen LogP) is 1.44. The molecular formula is C12H15N3. The molecule has 1 heterocycles. The van der Waals surface area contributed by atoms with Crippen LogP contribution in [0.1, 0.15) is 11.6 Å². The molecule has 78 valence electrons. The zero-order valence-corrected chi connectivity index (χ0v) is 8.51. The van der Waals surface area contributed by atoms with Crippen LogP contribution in [0, 0.1) is 0 Å². The highest BCUT2D eigenvalue weighted by Crippen LogP contribution is 2.13. The van der Waals surface area contributed by atoms with Crippen molar-refractivity contribution in [3.8, 4) is 5.69 Å². The van der Waals surface area contributed by atoms with Crippen molar-refractivity contribution in [2.45, 2.75) is 6.04 Å². The second-order valence-electron chi connectivity index (χ2n) is 3.52. The molecule has 4 N–H and O–H groups in total. The first kappa shape index (κ1) is 9.96. The van der Waals surface area contributed by atoms with Gasteiger partial charge in [-0.15, -0.1) is 0 Å². The number of nitrogens with two attached hydrogens (primary N) is 2. The fourth-order valence-corrected chi connectivity index (χ4v) is 1.54. The average molecular weight is 201 g/mol. The van der Waals surface area contributed by atoms with E-state index in [9.17, 15) is 0 Å². The van der Waals surface area contributed by atoms with Crippen LogP contribution in [0.2, 0.25) is 0 Å². The maximum absolute atomic E-state index is 5.83. The predicted molar refractivity (Wildman–Crippen MR) is 61.8 cm³/mol. The number of nitrogens with zero attached hydrogens (tertiary/aromatic N) is 1. The molecule has 3 nitrogen and oxygen atoms in total. The number of benzene rings is 1. The molecule has 2 aromatic rings. The molecule has 0 unspecified atom stereocenters. The number of hydrogen-bond donors (Lipinski definition) is 2. The third-order valence-corrected chi connectivity index (χ3v) is 2.48. The molecule has 0 amide bonds. The first-order valence-electron chi connectivity index (χ1n) is 5.00. The number of hydrogen-bond acceptors (Lipinski definition) is 2. The van der Waals surface area contributed by atoms with Gasteiger partial charge in [-0.2, -0.15) is 0 Å². The second kappa shape index (κ2) is 4.29. The van der Waals surface area contributed by atoms with Crippen molar-refractivity contribution in [2.75, 3.05) is 6.54 Å². The molecule has 0 saturated heterocycles. The average Bonchev–Trinajstić information content (AvgIpc) is 2.82. The van der Waals surface area contributed by atoms with Crippen molar-refractivity contribution in [3.63, 3.8) is 0 Å². The van der Waals surface area contributed by atoms with Crippen LogP contribution in [0.25, 0.3) is 5.69 Å². The lowest BCUT2D eigenvalue weighted by molar-refractivity contribution is 0.737. The zero-order valence-electron chi connectivity index (χ0n) is 8.51. The fourth-order valence-electron chi connectivity index (χ4n) is 1.54. The molecule has 0 spiro atoms. The SMILES string of the molecule is NC[C@@H](N)c1ccc(-n2cccc2)cc1. The maximum atomic E-state index is 5.83. The van der Waals surface area contributed by atoms with E-state index in [1.165, 1.54) is 0 Å². The Hall–Kier alpha value is -1.58. The monoisotopic (exact) mass is 201 g/mol. The summed E-state index contributed by atoms with van der Waals surface area (Å²) in [5, 5.41) is 0. The highest BCUT2D eigenvalue weighted by atomic mass is 14.9. The summed E-state index contributed by atoms with van der Waals surface area (Å²) in [6, 6.07) is 12.1. The van der Waals surface area contributed by atoms with Crippen LogP contribution < -0.4 is 11.5 Å². The van der Waals surface area contributed by atoms with Crippen molar-refractivity contribution >= 4 is 0 Å². The number of rotatable bonds is 3. The van der Waals surface area contributed by atoms with Gasteiger partial charge >= 0.3 is 0 Å². The van der Waals surface area contributed by atoms with Crippen LogP contribution >= 0.6 is 0 Å². The summed E-state index contributed by atoms with van der Waals surface area (Å²) < 4.78 is 2.05. The minimum atomic E-state index is -0.0660. The molecule has 1 atom stereocenters. The van der Waals surface area contributed by atoms with Crippen molar-refractivity contribution in [2.24, 2.45) is 11.5 Å². The zero-order chi connectivity index (χ0) is 10.7. The Labute approximate surface area is 89.3 Å². The van der Waals surface area contributed by atoms with E-state index in [0.29, 0.717) is 6.54 Å². The molecule has 0 aliphatic carbocycles. The quantitative estimate of drug-likeness (QED) is 0.789. The summed E-state index contributed by atoms with van der Waals surface area (Å²) >= 11 is 0. The van der Waals surface area contributed by atoms with Gasteiger partial charge in [0.05, 0.1) is 0 Å². The highest BCUT2D eigenvalue weighted by molar-refractivity contribution is 5.36. The Morgan fingerprint density at radius 1 is 1.07 bits per heavy atom. The van der Waals surface area contributed by atoms with Crippen LogP contribution in [0.4, 0.5) is 0 Å². The molecule has 2 rings (SSSR count). The molecule has 0 saturated carbocycles. The second-order valence-corrected chi connectivity index (χ2v) is 3.52. The van der Waals surface area contributed by atoms with Gasteiger partial charge in [-0.05, 0) is 29.8 Å².